The fraction of sp³-hybridized carbons (Fsp3) is 0.929. The van der Waals surface area contributed by atoms with Gasteiger partial charge in [0.15, 0.2) is 0 Å². The van der Waals surface area contributed by atoms with Gasteiger partial charge in [-0.2, -0.15) is 0 Å². The fourth-order valence-corrected chi connectivity index (χ4v) is 9.18. The van der Waals surface area contributed by atoms with E-state index >= 15 is 0 Å². The monoisotopic (exact) mass is 445 g/mol. The van der Waals surface area contributed by atoms with Crippen LogP contribution in [0.2, 0.25) is 0 Å². The minimum absolute atomic E-state index is 0.276. The maximum Gasteiger partial charge on any atom is 0.303 e. The Balaban J connectivity index is 1.35. The zero-order valence-electron chi connectivity index (χ0n) is 21.0. The van der Waals surface area contributed by atoms with E-state index in [0.717, 1.165) is 48.9 Å². The third-order valence-electron chi connectivity index (χ3n) is 11.1. The zero-order chi connectivity index (χ0) is 23.1. The van der Waals surface area contributed by atoms with Gasteiger partial charge in [-0.3, -0.25) is 9.59 Å². The molecule has 4 nitrogen and oxygen atoms in total. The standard InChI is InChI=1S/C28H47NO3/c1-18(8-13-26(31)32)6-5-7-19(2)21-10-11-22-20-9-12-24-28(4,17-15-25(30)29-24)23(20)14-16-27(21,22)3/h18-24H,5-17H2,1-4H3,(H,29,30)(H,31,32)/t18?,19-,20+,21-,22+,23+,24?,27-,28-/m1/s1. The molecule has 182 valence electrons. The van der Waals surface area contributed by atoms with Gasteiger partial charge < -0.3 is 10.4 Å². The third-order valence-corrected chi connectivity index (χ3v) is 11.1. The number of fused-ring (bicyclic) bond motifs is 5. The van der Waals surface area contributed by atoms with Crippen molar-refractivity contribution in [1.29, 1.82) is 0 Å². The molecule has 4 fully saturated rings. The molecule has 4 aliphatic rings. The van der Waals surface area contributed by atoms with Crippen LogP contribution >= 0.6 is 0 Å². The van der Waals surface area contributed by atoms with E-state index in [2.05, 4.69) is 33.0 Å². The van der Waals surface area contributed by atoms with Crippen LogP contribution in [0.3, 0.4) is 0 Å². The van der Waals surface area contributed by atoms with Gasteiger partial charge in [-0.05, 0) is 97.7 Å². The number of rotatable bonds is 8. The van der Waals surface area contributed by atoms with Crippen molar-refractivity contribution in [1.82, 2.24) is 5.32 Å². The summed E-state index contributed by atoms with van der Waals surface area (Å²) < 4.78 is 0. The molecular formula is C28H47NO3. The molecule has 1 saturated heterocycles. The lowest BCUT2D eigenvalue weighted by Gasteiger charge is -2.60. The molecule has 4 rings (SSSR count). The van der Waals surface area contributed by atoms with E-state index in [9.17, 15) is 9.59 Å². The highest BCUT2D eigenvalue weighted by Gasteiger charge is 2.60. The number of carbonyl (C=O) groups is 2. The average molecular weight is 446 g/mol. The number of piperidine rings is 1. The SMILES string of the molecule is CC(CCC[C@@H](C)[C@H]1CC[C@H]2[C@@H]3CCC4NC(=O)CC[C@]4(C)[C@H]3CC[C@]12C)CCC(=O)O. The van der Waals surface area contributed by atoms with E-state index in [-0.39, 0.29) is 5.91 Å². The van der Waals surface area contributed by atoms with Crippen molar-refractivity contribution in [3.8, 4) is 0 Å². The quantitative estimate of drug-likeness (QED) is 0.452. The van der Waals surface area contributed by atoms with Gasteiger partial charge in [-0.25, -0.2) is 0 Å². The van der Waals surface area contributed by atoms with Crippen LogP contribution in [0.4, 0.5) is 0 Å². The van der Waals surface area contributed by atoms with Gasteiger partial charge in [0.25, 0.3) is 0 Å². The number of carbonyl (C=O) groups excluding carboxylic acids is 1. The molecule has 0 aromatic carbocycles. The molecule has 1 heterocycles. The molecule has 9 atom stereocenters. The molecule has 2 N–H and O–H groups in total. The highest BCUT2D eigenvalue weighted by Crippen LogP contribution is 2.66. The lowest BCUT2D eigenvalue weighted by molar-refractivity contribution is -0.138. The molecule has 3 saturated carbocycles. The Morgan fingerprint density at radius 3 is 2.50 bits per heavy atom. The highest BCUT2D eigenvalue weighted by molar-refractivity contribution is 5.77. The summed E-state index contributed by atoms with van der Waals surface area (Å²) in [4.78, 5) is 22.9. The van der Waals surface area contributed by atoms with Crippen LogP contribution in [-0.4, -0.2) is 23.0 Å². The normalized spacial score (nSPS) is 42.9. The van der Waals surface area contributed by atoms with Crippen LogP contribution in [0, 0.1) is 46.3 Å². The summed E-state index contributed by atoms with van der Waals surface area (Å²) in [5.74, 6) is 4.28. The fourth-order valence-electron chi connectivity index (χ4n) is 9.18. The van der Waals surface area contributed by atoms with Gasteiger partial charge in [0.2, 0.25) is 5.91 Å². The third kappa shape index (κ3) is 4.37. The van der Waals surface area contributed by atoms with Crippen molar-refractivity contribution in [2.24, 2.45) is 46.3 Å². The summed E-state index contributed by atoms with van der Waals surface area (Å²) in [6, 6.07) is 0.411. The van der Waals surface area contributed by atoms with Gasteiger partial charge in [0, 0.05) is 18.9 Å². The molecule has 0 aromatic rings. The second kappa shape index (κ2) is 9.29. The largest absolute Gasteiger partial charge is 0.481 e. The van der Waals surface area contributed by atoms with Crippen LogP contribution in [0.25, 0.3) is 0 Å². The molecule has 1 amide bonds. The first kappa shape index (κ1) is 24.1. The average Bonchev–Trinajstić information content (AvgIpc) is 3.10. The van der Waals surface area contributed by atoms with E-state index < -0.39 is 5.97 Å². The van der Waals surface area contributed by atoms with Gasteiger partial charge in [-0.15, -0.1) is 0 Å². The summed E-state index contributed by atoms with van der Waals surface area (Å²) in [7, 11) is 0. The lowest BCUT2D eigenvalue weighted by atomic mass is 9.46. The lowest BCUT2D eigenvalue weighted by Crippen LogP contribution is -2.61. The minimum Gasteiger partial charge on any atom is -0.481 e. The van der Waals surface area contributed by atoms with Crippen LogP contribution in [-0.2, 0) is 9.59 Å². The molecule has 4 heteroatoms. The van der Waals surface area contributed by atoms with E-state index in [4.69, 9.17) is 5.11 Å². The second-order valence-corrected chi connectivity index (χ2v) is 12.8. The van der Waals surface area contributed by atoms with Crippen LogP contribution < -0.4 is 5.32 Å². The van der Waals surface area contributed by atoms with Crippen molar-refractivity contribution in [3.63, 3.8) is 0 Å². The van der Waals surface area contributed by atoms with E-state index in [1.54, 1.807) is 0 Å². The molecule has 0 spiro atoms. The molecule has 3 aliphatic carbocycles. The first-order valence-electron chi connectivity index (χ1n) is 13.7. The Kier molecular flexibility index (Phi) is 6.99. The number of amides is 1. The molecule has 32 heavy (non-hydrogen) atoms. The summed E-state index contributed by atoms with van der Waals surface area (Å²) in [5.41, 5.74) is 0.810. The summed E-state index contributed by atoms with van der Waals surface area (Å²) in [6.07, 6.45) is 14.7. The first-order valence-corrected chi connectivity index (χ1v) is 13.7. The Morgan fingerprint density at radius 1 is 1.00 bits per heavy atom. The van der Waals surface area contributed by atoms with Crippen LogP contribution in [0.15, 0.2) is 0 Å². The summed E-state index contributed by atoms with van der Waals surface area (Å²) >= 11 is 0. The zero-order valence-corrected chi connectivity index (χ0v) is 21.0. The van der Waals surface area contributed by atoms with Gasteiger partial charge >= 0.3 is 5.97 Å². The number of aliphatic carboxylic acids is 1. The number of hydrogen-bond donors (Lipinski definition) is 2. The Labute approximate surface area is 195 Å². The van der Waals surface area contributed by atoms with Crippen molar-refractivity contribution in [3.05, 3.63) is 0 Å². The molecule has 2 unspecified atom stereocenters. The smallest absolute Gasteiger partial charge is 0.303 e. The first-order chi connectivity index (χ1) is 15.1. The number of carboxylic acids is 1. The van der Waals surface area contributed by atoms with Gasteiger partial charge in [-0.1, -0.05) is 47.0 Å². The minimum atomic E-state index is -0.663. The Bertz CT molecular complexity index is 707. The number of nitrogens with one attached hydrogen (secondary N) is 1. The number of hydrogen-bond acceptors (Lipinski definition) is 2. The van der Waals surface area contributed by atoms with Crippen molar-refractivity contribution >= 4 is 11.9 Å². The maximum atomic E-state index is 12.0. The molecular weight excluding hydrogens is 398 g/mol. The predicted octanol–water partition coefficient (Wildman–Crippen LogP) is 6.43. The Hall–Kier alpha value is -1.06. The predicted molar refractivity (Wildman–Crippen MR) is 128 cm³/mol. The molecule has 0 radical (unpaired) electrons. The molecule has 0 aromatic heterocycles. The van der Waals surface area contributed by atoms with Crippen molar-refractivity contribution in [2.45, 2.75) is 117 Å². The number of carboxylic acid groups (broad SMARTS) is 1. The maximum absolute atomic E-state index is 12.0. The van der Waals surface area contributed by atoms with E-state index in [0.29, 0.717) is 29.2 Å². The van der Waals surface area contributed by atoms with Gasteiger partial charge in [0.1, 0.15) is 0 Å². The van der Waals surface area contributed by atoms with E-state index in [1.807, 2.05) is 0 Å². The molecule has 0 bridgehead atoms. The Morgan fingerprint density at radius 2 is 1.75 bits per heavy atom. The van der Waals surface area contributed by atoms with Gasteiger partial charge in [0.05, 0.1) is 0 Å². The summed E-state index contributed by atoms with van der Waals surface area (Å²) in [5, 5.41) is 12.3. The topological polar surface area (TPSA) is 66.4 Å². The summed E-state index contributed by atoms with van der Waals surface area (Å²) in [6.45, 7) is 9.85. The van der Waals surface area contributed by atoms with Crippen LogP contribution in [0.5, 0.6) is 0 Å². The van der Waals surface area contributed by atoms with Crippen molar-refractivity contribution in [2.75, 3.05) is 0 Å². The molecule has 1 aliphatic heterocycles. The highest BCUT2D eigenvalue weighted by atomic mass is 16.4. The second-order valence-electron chi connectivity index (χ2n) is 12.8. The van der Waals surface area contributed by atoms with E-state index in [1.165, 1.54) is 57.8 Å². The van der Waals surface area contributed by atoms with Crippen molar-refractivity contribution < 1.29 is 14.7 Å². The van der Waals surface area contributed by atoms with Crippen LogP contribution in [0.1, 0.15) is 111 Å².